The number of hydrogen-bond acceptors (Lipinski definition) is 2. The lowest BCUT2D eigenvalue weighted by Gasteiger charge is -2.11. The zero-order chi connectivity index (χ0) is 29.5. The molecule has 0 unspecified atom stereocenters. The molecular weight excluding hydrogens is 546 g/mol. The van der Waals surface area contributed by atoms with Gasteiger partial charge in [0.2, 0.25) is 0 Å². The first-order chi connectivity index (χ1) is 22.3. The fourth-order valence-corrected chi connectivity index (χ4v) is 7.23. The molecule has 0 atom stereocenters. The van der Waals surface area contributed by atoms with Crippen LogP contribution in [0.25, 0.3) is 94.1 Å². The van der Waals surface area contributed by atoms with Crippen LogP contribution in [-0.2, 0) is 0 Å². The zero-order valence-electron chi connectivity index (χ0n) is 24.3. The largest absolute Gasteiger partial charge is 0.309 e. The summed E-state index contributed by atoms with van der Waals surface area (Å²) in [5.74, 6) is 0.758. The predicted molar refractivity (Wildman–Crippen MR) is 187 cm³/mol. The molecule has 0 aliphatic heterocycles. The van der Waals surface area contributed by atoms with Crippen molar-refractivity contribution in [1.29, 1.82) is 0 Å². The Morgan fingerprint density at radius 3 is 2.09 bits per heavy atom. The molecule has 1 aliphatic carbocycles. The SMILES string of the molecule is c1ccc(-c2ccc3c(c2)c2ccccc2n3-c2ccc3cc(-c4nc5c6c(cccc6n4)-c4ccccc4-5)ccc3c2)cc1. The normalized spacial score (nSPS) is 12.0. The molecule has 10 rings (SSSR count). The molecule has 0 saturated carbocycles. The topological polar surface area (TPSA) is 30.7 Å². The Morgan fingerprint density at radius 2 is 1.16 bits per heavy atom. The summed E-state index contributed by atoms with van der Waals surface area (Å²) in [5, 5.41) is 6.01. The summed E-state index contributed by atoms with van der Waals surface area (Å²) in [4.78, 5) is 10.2. The molecule has 2 heterocycles. The summed E-state index contributed by atoms with van der Waals surface area (Å²) in [6.45, 7) is 0. The lowest BCUT2D eigenvalue weighted by molar-refractivity contribution is 1.19. The first kappa shape index (κ1) is 24.4. The molecule has 0 spiro atoms. The number of rotatable bonds is 3. The van der Waals surface area contributed by atoms with Gasteiger partial charge in [-0.05, 0) is 75.5 Å². The number of para-hydroxylation sites is 1. The number of hydrogen-bond donors (Lipinski definition) is 0. The van der Waals surface area contributed by atoms with Gasteiger partial charge in [-0.1, -0.05) is 109 Å². The molecule has 0 radical (unpaired) electrons. The van der Waals surface area contributed by atoms with Crippen LogP contribution >= 0.6 is 0 Å². The molecule has 2 aromatic heterocycles. The smallest absolute Gasteiger partial charge is 0.160 e. The van der Waals surface area contributed by atoms with Crippen LogP contribution in [0.4, 0.5) is 0 Å². The Balaban J connectivity index is 1.10. The molecule has 3 nitrogen and oxygen atoms in total. The Bertz CT molecular complexity index is 2650. The minimum atomic E-state index is 0.758. The van der Waals surface area contributed by atoms with E-state index in [0.29, 0.717) is 0 Å². The maximum atomic E-state index is 5.13. The maximum absolute atomic E-state index is 5.13. The molecule has 3 heteroatoms. The fourth-order valence-electron chi connectivity index (χ4n) is 7.23. The summed E-state index contributed by atoms with van der Waals surface area (Å²) in [5.41, 5.74) is 12.7. The quantitative estimate of drug-likeness (QED) is 0.211. The molecule has 0 bridgehead atoms. The number of aromatic nitrogens is 3. The van der Waals surface area contributed by atoms with Gasteiger partial charge >= 0.3 is 0 Å². The average Bonchev–Trinajstić information content (AvgIpc) is 3.62. The first-order valence-electron chi connectivity index (χ1n) is 15.3. The van der Waals surface area contributed by atoms with Gasteiger partial charge in [-0.2, -0.15) is 0 Å². The summed E-state index contributed by atoms with van der Waals surface area (Å²) in [7, 11) is 0. The van der Waals surface area contributed by atoms with Crippen LogP contribution in [0.1, 0.15) is 0 Å². The number of fused-ring (bicyclic) bond motifs is 7. The third-order valence-electron chi connectivity index (χ3n) is 9.32. The molecule has 0 saturated heterocycles. The van der Waals surface area contributed by atoms with Gasteiger partial charge in [-0.3, -0.25) is 0 Å². The van der Waals surface area contributed by atoms with Crippen molar-refractivity contribution in [3.05, 3.63) is 152 Å². The Morgan fingerprint density at radius 1 is 0.422 bits per heavy atom. The van der Waals surface area contributed by atoms with Crippen LogP contribution in [0, 0.1) is 0 Å². The molecule has 0 amide bonds. The third-order valence-corrected chi connectivity index (χ3v) is 9.32. The van der Waals surface area contributed by atoms with Crippen LogP contribution in [0.3, 0.4) is 0 Å². The molecule has 1 aliphatic rings. The van der Waals surface area contributed by atoms with E-state index in [1.54, 1.807) is 0 Å². The highest BCUT2D eigenvalue weighted by Crippen LogP contribution is 2.46. The maximum Gasteiger partial charge on any atom is 0.160 e. The van der Waals surface area contributed by atoms with Gasteiger partial charge in [0.15, 0.2) is 5.82 Å². The Kier molecular flexibility index (Phi) is 5.00. The van der Waals surface area contributed by atoms with Crippen molar-refractivity contribution >= 4 is 43.5 Å². The van der Waals surface area contributed by atoms with Crippen molar-refractivity contribution in [1.82, 2.24) is 14.5 Å². The fraction of sp³-hybridized carbons (Fsp3) is 0. The van der Waals surface area contributed by atoms with Gasteiger partial charge in [-0.15, -0.1) is 0 Å². The highest BCUT2D eigenvalue weighted by Gasteiger charge is 2.24. The van der Waals surface area contributed by atoms with E-state index in [2.05, 4.69) is 156 Å². The van der Waals surface area contributed by atoms with E-state index in [0.717, 1.165) is 39.1 Å². The van der Waals surface area contributed by atoms with Crippen molar-refractivity contribution in [2.75, 3.05) is 0 Å². The van der Waals surface area contributed by atoms with Crippen LogP contribution in [0.5, 0.6) is 0 Å². The van der Waals surface area contributed by atoms with Crippen LogP contribution in [-0.4, -0.2) is 14.5 Å². The molecule has 0 fully saturated rings. The van der Waals surface area contributed by atoms with E-state index in [9.17, 15) is 0 Å². The highest BCUT2D eigenvalue weighted by atomic mass is 15.0. The van der Waals surface area contributed by atoms with Gasteiger partial charge in [0.1, 0.15) is 0 Å². The minimum absolute atomic E-state index is 0.758. The molecule has 208 valence electrons. The molecule has 0 N–H and O–H groups in total. The van der Waals surface area contributed by atoms with Crippen molar-refractivity contribution < 1.29 is 0 Å². The van der Waals surface area contributed by atoms with Gasteiger partial charge in [-0.25, -0.2) is 9.97 Å². The Hall–Kier alpha value is -6.06. The van der Waals surface area contributed by atoms with Crippen molar-refractivity contribution in [2.45, 2.75) is 0 Å². The standard InChI is InChI=1S/C42H25N3/c1-2-9-26(10-3-1)29-20-22-39-36(25-29)33-12-6-7-16-38(33)45(39)31-21-19-27-23-30(18-17-28(27)24-31)42-43-37-15-8-14-34-32-11-4-5-13-35(32)41(44-42)40(34)37/h1-25H. The lowest BCUT2D eigenvalue weighted by atomic mass is 10.0. The van der Waals surface area contributed by atoms with E-state index in [1.807, 2.05) is 0 Å². The van der Waals surface area contributed by atoms with E-state index in [4.69, 9.17) is 9.97 Å². The minimum Gasteiger partial charge on any atom is -0.309 e. The molecule has 45 heavy (non-hydrogen) atoms. The summed E-state index contributed by atoms with van der Waals surface area (Å²) in [6, 6.07) is 54.3. The predicted octanol–water partition coefficient (Wildman–Crippen LogP) is 10.9. The van der Waals surface area contributed by atoms with Crippen LogP contribution in [0.2, 0.25) is 0 Å². The lowest BCUT2D eigenvalue weighted by Crippen LogP contribution is -1.95. The second kappa shape index (κ2) is 9.22. The van der Waals surface area contributed by atoms with Crippen LogP contribution < -0.4 is 0 Å². The summed E-state index contributed by atoms with van der Waals surface area (Å²) >= 11 is 0. The summed E-state index contributed by atoms with van der Waals surface area (Å²) in [6.07, 6.45) is 0. The van der Waals surface area contributed by atoms with Gasteiger partial charge in [0, 0.05) is 33.0 Å². The zero-order valence-corrected chi connectivity index (χ0v) is 24.3. The third kappa shape index (κ3) is 3.58. The second-order valence-corrected chi connectivity index (χ2v) is 11.8. The molecule has 7 aromatic carbocycles. The molecule has 9 aromatic rings. The monoisotopic (exact) mass is 571 g/mol. The van der Waals surface area contributed by atoms with E-state index < -0.39 is 0 Å². The van der Waals surface area contributed by atoms with Gasteiger partial charge in [0.05, 0.1) is 22.2 Å². The summed E-state index contributed by atoms with van der Waals surface area (Å²) < 4.78 is 2.38. The second-order valence-electron chi connectivity index (χ2n) is 11.8. The highest BCUT2D eigenvalue weighted by molar-refractivity contribution is 6.13. The van der Waals surface area contributed by atoms with E-state index in [1.165, 1.54) is 55.0 Å². The van der Waals surface area contributed by atoms with Crippen molar-refractivity contribution in [2.24, 2.45) is 0 Å². The van der Waals surface area contributed by atoms with Gasteiger partial charge < -0.3 is 4.57 Å². The van der Waals surface area contributed by atoms with Crippen molar-refractivity contribution in [3.63, 3.8) is 0 Å². The Labute approximate surface area is 259 Å². The van der Waals surface area contributed by atoms with E-state index >= 15 is 0 Å². The number of benzene rings is 7. The van der Waals surface area contributed by atoms with E-state index in [-0.39, 0.29) is 0 Å². The first-order valence-corrected chi connectivity index (χ1v) is 15.3. The molecular formula is C42H25N3. The van der Waals surface area contributed by atoms with Crippen molar-refractivity contribution in [3.8, 4) is 50.6 Å². The van der Waals surface area contributed by atoms with Crippen LogP contribution in [0.15, 0.2) is 152 Å². The average molecular weight is 572 g/mol. The number of nitrogens with zero attached hydrogens (tertiary/aromatic N) is 3. The van der Waals surface area contributed by atoms with Gasteiger partial charge in [0.25, 0.3) is 0 Å².